The van der Waals surface area contributed by atoms with Gasteiger partial charge in [-0.2, -0.15) is 5.26 Å². The van der Waals surface area contributed by atoms with Crippen LogP contribution >= 0.6 is 11.8 Å². The topological polar surface area (TPSA) is 33.0 Å². The van der Waals surface area contributed by atoms with Crippen LogP contribution in [0.2, 0.25) is 0 Å². The predicted molar refractivity (Wildman–Crippen MR) is 83.2 cm³/mol. The minimum Gasteiger partial charge on any atom is -0.495 e. The van der Waals surface area contributed by atoms with Gasteiger partial charge >= 0.3 is 0 Å². The van der Waals surface area contributed by atoms with E-state index in [4.69, 9.17) is 10.00 Å². The summed E-state index contributed by atoms with van der Waals surface area (Å²) in [5.41, 5.74) is 4.30. The highest BCUT2D eigenvalue weighted by Gasteiger charge is 2.05. The third-order valence-corrected chi connectivity index (χ3v) is 4.36. The molecule has 0 aliphatic heterocycles. The number of rotatable bonds is 4. The average molecular weight is 283 g/mol. The first-order valence-corrected chi connectivity index (χ1v) is 7.39. The molecule has 20 heavy (non-hydrogen) atoms. The Kier molecular flexibility index (Phi) is 4.70. The van der Waals surface area contributed by atoms with Crippen molar-refractivity contribution in [3.63, 3.8) is 0 Å². The second-order valence-electron chi connectivity index (χ2n) is 4.70. The Morgan fingerprint density at radius 3 is 2.60 bits per heavy atom. The second-order valence-corrected chi connectivity index (χ2v) is 5.72. The molecule has 0 unspecified atom stereocenters. The van der Waals surface area contributed by atoms with Gasteiger partial charge in [0.2, 0.25) is 0 Å². The van der Waals surface area contributed by atoms with Gasteiger partial charge in [0.1, 0.15) is 11.8 Å². The van der Waals surface area contributed by atoms with E-state index in [2.05, 4.69) is 38.1 Å². The van der Waals surface area contributed by atoms with E-state index in [1.54, 1.807) is 18.9 Å². The zero-order valence-corrected chi connectivity index (χ0v) is 12.8. The molecule has 102 valence electrons. The average Bonchev–Trinajstić information content (AvgIpc) is 2.46. The van der Waals surface area contributed by atoms with Crippen LogP contribution in [0.5, 0.6) is 5.75 Å². The molecule has 0 amide bonds. The monoisotopic (exact) mass is 283 g/mol. The summed E-state index contributed by atoms with van der Waals surface area (Å²) in [5, 5.41) is 9.10. The van der Waals surface area contributed by atoms with Gasteiger partial charge in [0.05, 0.1) is 12.7 Å². The third-order valence-electron chi connectivity index (χ3n) is 3.11. The summed E-state index contributed by atoms with van der Waals surface area (Å²) >= 11 is 1.79. The summed E-state index contributed by atoms with van der Waals surface area (Å²) in [6.45, 7) is 4.23. The summed E-state index contributed by atoms with van der Waals surface area (Å²) in [5.74, 6) is 1.48. The highest BCUT2D eigenvalue weighted by atomic mass is 32.2. The molecule has 0 radical (unpaired) electrons. The van der Waals surface area contributed by atoms with Gasteiger partial charge in [-0.3, -0.25) is 0 Å². The SMILES string of the molecule is COc1ccc(CSc2ccc(C)cc2C)cc1C#N. The van der Waals surface area contributed by atoms with Crippen molar-refractivity contribution in [3.8, 4) is 11.8 Å². The number of hydrogen-bond acceptors (Lipinski definition) is 3. The van der Waals surface area contributed by atoms with Crippen LogP contribution in [0.15, 0.2) is 41.3 Å². The van der Waals surface area contributed by atoms with Crippen molar-refractivity contribution >= 4 is 11.8 Å². The molecule has 0 aliphatic rings. The fraction of sp³-hybridized carbons (Fsp3) is 0.235. The Bertz CT molecular complexity index is 659. The molecule has 0 N–H and O–H groups in total. The van der Waals surface area contributed by atoms with Crippen LogP contribution in [-0.4, -0.2) is 7.11 Å². The van der Waals surface area contributed by atoms with Crippen molar-refractivity contribution in [1.82, 2.24) is 0 Å². The van der Waals surface area contributed by atoms with Crippen LogP contribution in [0.1, 0.15) is 22.3 Å². The number of benzene rings is 2. The number of aryl methyl sites for hydroxylation is 2. The Morgan fingerprint density at radius 2 is 1.95 bits per heavy atom. The number of methoxy groups -OCH3 is 1. The summed E-state index contributed by atoms with van der Waals surface area (Å²) in [6, 6.07) is 14.4. The number of nitriles is 1. The van der Waals surface area contributed by atoms with Gasteiger partial charge in [-0.05, 0) is 43.2 Å². The maximum atomic E-state index is 9.10. The van der Waals surface area contributed by atoms with Crippen molar-refractivity contribution in [3.05, 3.63) is 58.7 Å². The largest absolute Gasteiger partial charge is 0.495 e. The van der Waals surface area contributed by atoms with Crippen LogP contribution in [-0.2, 0) is 5.75 Å². The van der Waals surface area contributed by atoms with Crippen molar-refractivity contribution in [2.45, 2.75) is 24.5 Å². The van der Waals surface area contributed by atoms with Crippen LogP contribution in [0.25, 0.3) is 0 Å². The molecule has 0 bridgehead atoms. The first kappa shape index (κ1) is 14.5. The van der Waals surface area contributed by atoms with E-state index in [0.29, 0.717) is 11.3 Å². The smallest absolute Gasteiger partial charge is 0.136 e. The van der Waals surface area contributed by atoms with Crippen molar-refractivity contribution < 1.29 is 4.74 Å². The Labute approximate surface area is 124 Å². The summed E-state index contributed by atoms with van der Waals surface area (Å²) < 4.78 is 5.16. The van der Waals surface area contributed by atoms with E-state index in [1.165, 1.54) is 16.0 Å². The summed E-state index contributed by atoms with van der Waals surface area (Å²) in [6.07, 6.45) is 0. The molecule has 0 heterocycles. The van der Waals surface area contributed by atoms with E-state index < -0.39 is 0 Å². The van der Waals surface area contributed by atoms with Gasteiger partial charge in [0.25, 0.3) is 0 Å². The van der Waals surface area contributed by atoms with Crippen molar-refractivity contribution in [2.24, 2.45) is 0 Å². The van der Waals surface area contributed by atoms with Gasteiger partial charge < -0.3 is 4.74 Å². The van der Waals surface area contributed by atoms with Gasteiger partial charge in [-0.15, -0.1) is 11.8 Å². The standard InChI is InChI=1S/C17H17NOS/c1-12-4-7-17(13(2)8-12)20-11-14-5-6-16(19-3)15(9-14)10-18/h4-9H,11H2,1-3H3. The van der Waals surface area contributed by atoms with Crippen molar-refractivity contribution in [1.29, 1.82) is 5.26 Å². The molecule has 2 rings (SSSR count). The van der Waals surface area contributed by atoms with E-state index in [9.17, 15) is 0 Å². The Balaban J connectivity index is 2.13. The van der Waals surface area contributed by atoms with E-state index in [-0.39, 0.29) is 0 Å². The lowest BCUT2D eigenvalue weighted by Gasteiger charge is -2.08. The maximum Gasteiger partial charge on any atom is 0.136 e. The molecular weight excluding hydrogens is 266 g/mol. The number of ether oxygens (including phenoxy) is 1. The molecule has 0 saturated heterocycles. The van der Waals surface area contributed by atoms with Crippen molar-refractivity contribution in [2.75, 3.05) is 7.11 Å². The highest BCUT2D eigenvalue weighted by Crippen LogP contribution is 2.28. The fourth-order valence-corrected chi connectivity index (χ4v) is 3.01. The molecule has 2 aromatic carbocycles. The lowest BCUT2D eigenvalue weighted by atomic mass is 10.1. The van der Waals surface area contributed by atoms with E-state index >= 15 is 0 Å². The first-order chi connectivity index (χ1) is 9.63. The lowest BCUT2D eigenvalue weighted by Crippen LogP contribution is -1.90. The normalized spacial score (nSPS) is 10.1. The Morgan fingerprint density at radius 1 is 1.15 bits per heavy atom. The number of nitrogens with zero attached hydrogens (tertiary/aromatic N) is 1. The molecule has 0 atom stereocenters. The third kappa shape index (κ3) is 3.34. The molecular formula is C17H17NOS. The maximum absolute atomic E-state index is 9.10. The number of hydrogen-bond donors (Lipinski definition) is 0. The van der Waals surface area contributed by atoms with Crippen LogP contribution in [0.4, 0.5) is 0 Å². The summed E-state index contributed by atoms with van der Waals surface area (Å²) in [7, 11) is 1.58. The van der Waals surface area contributed by atoms with Crippen LogP contribution in [0.3, 0.4) is 0 Å². The molecule has 0 saturated carbocycles. The predicted octanol–water partition coefficient (Wildman–Crippen LogP) is 4.48. The lowest BCUT2D eigenvalue weighted by molar-refractivity contribution is 0.413. The molecule has 0 aliphatic carbocycles. The van der Waals surface area contributed by atoms with E-state index in [1.807, 2.05) is 18.2 Å². The molecule has 0 fully saturated rings. The molecule has 3 heteroatoms. The van der Waals surface area contributed by atoms with Crippen LogP contribution in [0, 0.1) is 25.2 Å². The fourth-order valence-electron chi connectivity index (χ4n) is 2.05. The van der Waals surface area contributed by atoms with Gasteiger partial charge in [-0.25, -0.2) is 0 Å². The molecule has 2 nitrogen and oxygen atoms in total. The zero-order valence-electron chi connectivity index (χ0n) is 11.9. The first-order valence-electron chi connectivity index (χ1n) is 6.41. The molecule has 0 aromatic heterocycles. The van der Waals surface area contributed by atoms with Gasteiger partial charge in [0.15, 0.2) is 0 Å². The minimum atomic E-state index is 0.589. The van der Waals surface area contributed by atoms with Crippen LogP contribution < -0.4 is 4.74 Å². The molecule has 0 spiro atoms. The molecule has 2 aromatic rings. The minimum absolute atomic E-state index is 0.589. The van der Waals surface area contributed by atoms with Gasteiger partial charge in [-0.1, -0.05) is 23.8 Å². The Hall–Kier alpha value is -1.92. The quantitative estimate of drug-likeness (QED) is 0.776. The van der Waals surface area contributed by atoms with E-state index in [0.717, 1.165) is 11.3 Å². The second kappa shape index (κ2) is 6.49. The van der Waals surface area contributed by atoms with Gasteiger partial charge in [0, 0.05) is 10.6 Å². The highest BCUT2D eigenvalue weighted by molar-refractivity contribution is 7.98. The number of thioether (sulfide) groups is 1. The summed E-state index contributed by atoms with van der Waals surface area (Å²) in [4.78, 5) is 1.28. The zero-order chi connectivity index (χ0) is 14.5.